The average Bonchev–Trinajstić information content (AvgIpc) is 2.63. The second kappa shape index (κ2) is 7.59. The number of nitrogens with one attached hydrogen (secondary N) is 1. The minimum Gasteiger partial charge on any atom is -0.378 e. The van der Waals surface area contributed by atoms with Crippen molar-refractivity contribution in [1.29, 1.82) is 0 Å². The van der Waals surface area contributed by atoms with Gasteiger partial charge in [-0.3, -0.25) is 4.79 Å². The molecule has 1 fully saturated rings. The number of aromatic nitrogens is 1. The Balaban J connectivity index is 1.57. The molecule has 24 heavy (non-hydrogen) atoms. The second-order valence-electron chi connectivity index (χ2n) is 5.44. The van der Waals surface area contributed by atoms with Gasteiger partial charge >= 0.3 is 0 Å². The minimum absolute atomic E-state index is 0.0702. The molecule has 1 N–H and O–H groups in total. The molecule has 0 unspecified atom stereocenters. The molecule has 0 spiro atoms. The number of amides is 1. The molecule has 3 rings (SSSR count). The van der Waals surface area contributed by atoms with Crippen LogP contribution in [0, 0.1) is 5.82 Å². The largest absolute Gasteiger partial charge is 0.378 e. The summed E-state index contributed by atoms with van der Waals surface area (Å²) in [6.07, 6.45) is 1.74. The van der Waals surface area contributed by atoms with Crippen LogP contribution in [0.25, 0.3) is 0 Å². The zero-order valence-electron chi connectivity index (χ0n) is 13.0. The Bertz CT molecular complexity index is 718. The normalized spacial score (nSPS) is 14.5. The summed E-state index contributed by atoms with van der Waals surface area (Å²) in [6, 6.07) is 7.75. The van der Waals surface area contributed by atoms with E-state index in [1.807, 2.05) is 12.1 Å². The fourth-order valence-electron chi connectivity index (χ4n) is 2.42. The van der Waals surface area contributed by atoms with Gasteiger partial charge in [0, 0.05) is 31.4 Å². The van der Waals surface area contributed by atoms with Crippen molar-refractivity contribution in [2.45, 2.75) is 6.54 Å². The number of hydrogen-bond acceptors (Lipinski definition) is 4. The number of nitrogens with zero attached hydrogens (tertiary/aromatic N) is 2. The van der Waals surface area contributed by atoms with Crippen molar-refractivity contribution in [3.05, 3.63) is 58.5 Å². The molecule has 2 heterocycles. The lowest BCUT2D eigenvalue weighted by Gasteiger charge is -2.27. The monoisotopic (exact) mass is 349 g/mol. The Morgan fingerprint density at radius 3 is 2.75 bits per heavy atom. The summed E-state index contributed by atoms with van der Waals surface area (Å²) in [7, 11) is 0. The van der Waals surface area contributed by atoms with Gasteiger partial charge in [0.05, 0.1) is 18.2 Å². The molecule has 2 aromatic rings. The molecule has 126 valence electrons. The van der Waals surface area contributed by atoms with E-state index in [0.29, 0.717) is 25.3 Å². The van der Waals surface area contributed by atoms with Gasteiger partial charge in [0.25, 0.3) is 5.91 Å². The summed E-state index contributed by atoms with van der Waals surface area (Å²) >= 11 is 5.69. The van der Waals surface area contributed by atoms with Gasteiger partial charge in [-0.1, -0.05) is 17.7 Å². The molecule has 0 saturated carbocycles. The lowest BCUT2D eigenvalue weighted by atomic mass is 10.2. The Morgan fingerprint density at radius 1 is 1.29 bits per heavy atom. The summed E-state index contributed by atoms with van der Waals surface area (Å²) in [4.78, 5) is 18.6. The Kier molecular flexibility index (Phi) is 5.27. The predicted octanol–water partition coefficient (Wildman–Crippen LogP) is 2.64. The van der Waals surface area contributed by atoms with Crippen molar-refractivity contribution in [2.75, 3.05) is 31.2 Å². The lowest BCUT2D eigenvalue weighted by Crippen LogP contribution is -2.36. The third kappa shape index (κ3) is 4.01. The van der Waals surface area contributed by atoms with E-state index in [1.54, 1.807) is 6.20 Å². The molecule has 5 nitrogen and oxygen atoms in total. The highest BCUT2D eigenvalue weighted by Gasteiger charge is 2.12. The Labute approximate surface area is 144 Å². The van der Waals surface area contributed by atoms with Gasteiger partial charge in [-0.15, -0.1) is 0 Å². The highest BCUT2D eigenvalue weighted by molar-refractivity contribution is 6.31. The van der Waals surface area contributed by atoms with Crippen LogP contribution in [-0.2, 0) is 11.3 Å². The minimum atomic E-state index is -0.545. The van der Waals surface area contributed by atoms with Gasteiger partial charge in [0.2, 0.25) is 0 Å². The van der Waals surface area contributed by atoms with E-state index in [0.717, 1.165) is 24.5 Å². The molecule has 0 radical (unpaired) electrons. The molecule has 1 aliphatic rings. The van der Waals surface area contributed by atoms with Crippen LogP contribution >= 0.6 is 11.6 Å². The van der Waals surface area contributed by atoms with Crippen LogP contribution < -0.4 is 10.2 Å². The molecular weight excluding hydrogens is 333 g/mol. The van der Waals surface area contributed by atoms with Crippen molar-refractivity contribution in [3.63, 3.8) is 0 Å². The molecule has 1 aliphatic heterocycles. The number of anilines is 1. The van der Waals surface area contributed by atoms with Gasteiger partial charge < -0.3 is 15.0 Å². The van der Waals surface area contributed by atoms with Crippen LogP contribution in [0.3, 0.4) is 0 Å². The highest BCUT2D eigenvalue weighted by Crippen LogP contribution is 2.16. The SMILES string of the molecule is O=C(NCc1ccc(N2CCOCC2)nc1)c1ccc(F)c(Cl)c1. The van der Waals surface area contributed by atoms with Crippen molar-refractivity contribution in [3.8, 4) is 0 Å². The first-order valence-electron chi connectivity index (χ1n) is 7.64. The number of rotatable bonds is 4. The fraction of sp³-hybridized carbons (Fsp3) is 0.294. The smallest absolute Gasteiger partial charge is 0.251 e. The first-order chi connectivity index (χ1) is 11.6. The third-order valence-corrected chi connectivity index (χ3v) is 4.07. The molecule has 0 atom stereocenters. The quantitative estimate of drug-likeness (QED) is 0.922. The summed E-state index contributed by atoms with van der Waals surface area (Å²) in [6.45, 7) is 3.41. The maximum atomic E-state index is 13.1. The number of benzene rings is 1. The van der Waals surface area contributed by atoms with Gasteiger partial charge in [-0.25, -0.2) is 9.37 Å². The van der Waals surface area contributed by atoms with Crippen molar-refractivity contribution >= 4 is 23.3 Å². The van der Waals surface area contributed by atoms with E-state index in [4.69, 9.17) is 16.3 Å². The van der Waals surface area contributed by atoms with E-state index >= 15 is 0 Å². The molecule has 0 aliphatic carbocycles. The summed E-state index contributed by atoms with van der Waals surface area (Å²) in [5, 5.41) is 2.70. The van der Waals surface area contributed by atoms with Crippen LogP contribution in [0.2, 0.25) is 5.02 Å². The van der Waals surface area contributed by atoms with Gasteiger partial charge in [0.1, 0.15) is 11.6 Å². The number of ether oxygens (including phenoxy) is 1. The predicted molar refractivity (Wildman–Crippen MR) is 89.8 cm³/mol. The number of morpholine rings is 1. The average molecular weight is 350 g/mol. The van der Waals surface area contributed by atoms with Crippen LogP contribution in [0.1, 0.15) is 15.9 Å². The van der Waals surface area contributed by atoms with Crippen LogP contribution in [0.5, 0.6) is 0 Å². The van der Waals surface area contributed by atoms with Gasteiger partial charge in [-0.05, 0) is 29.8 Å². The number of carbonyl (C=O) groups excluding carboxylic acids is 1. The molecule has 1 aromatic carbocycles. The number of hydrogen-bond donors (Lipinski definition) is 1. The zero-order chi connectivity index (χ0) is 16.9. The first-order valence-corrected chi connectivity index (χ1v) is 8.02. The lowest BCUT2D eigenvalue weighted by molar-refractivity contribution is 0.0951. The van der Waals surface area contributed by atoms with E-state index in [9.17, 15) is 9.18 Å². The van der Waals surface area contributed by atoms with E-state index < -0.39 is 5.82 Å². The molecule has 7 heteroatoms. The Morgan fingerprint density at radius 2 is 2.08 bits per heavy atom. The number of halogens is 2. The van der Waals surface area contributed by atoms with E-state index in [2.05, 4.69) is 15.2 Å². The molecule has 1 aromatic heterocycles. The van der Waals surface area contributed by atoms with Crippen LogP contribution in [-0.4, -0.2) is 37.2 Å². The number of pyridine rings is 1. The van der Waals surface area contributed by atoms with Gasteiger partial charge in [0.15, 0.2) is 0 Å². The van der Waals surface area contributed by atoms with Crippen molar-refractivity contribution in [1.82, 2.24) is 10.3 Å². The number of carbonyl (C=O) groups is 1. The maximum Gasteiger partial charge on any atom is 0.251 e. The van der Waals surface area contributed by atoms with Gasteiger partial charge in [-0.2, -0.15) is 0 Å². The van der Waals surface area contributed by atoms with Crippen LogP contribution in [0.15, 0.2) is 36.5 Å². The van der Waals surface area contributed by atoms with Crippen molar-refractivity contribution in [2.24, 2.45) is 0 Å². The van der Waals surface area contributed by atoms with Crippen LogP contribution in [0.4, 0.5) is 10.2 Å². The van der Waals surface area contributed by atoms with Crippen molar-refractivity contribution < 1.29 is 13.9 Å². The molecule has 1 amide bonds. The third-order valence-electron chi connectivity index (χ3n) is 3.78. The highest BCUT2D eigenvalue weighted by atomic mass is 35.5. The topological polar surface area (TPSA) is 54.5 Å². The first kappa shape index (κ1) is 16.7. The summed E-state index contributed by atoms with van der Waals surface area (Å²) < 4.78 is 18.4. The summed E-state index contributed by atoms with van der Waals surface area (Å²) in [5.41, 5.74) is 1.20. The molecular formula is C17H17ClFN3O2. The zero-order valence-corrected chi connectivity index (χ0v) is 13.7. The maximum absolute atomic E-state index is 13.1. The molecule has 1 saturated heterocycles. The Hall–Kier alpha value is -2.18. The second-order valence-corrected chi connectivity index (χ2v) is 5.84. The standard InChI is InChI=1S/C17H17ClFN3O2/c18-14-9-13(2-3-15(14)19)17(23)21-11-12-1-4-16(20-10-12)22-5-7-24-8-6-22/h1-4,9-10H,5-8,11H2,(H,21,23). The van der Waals surface area contributed by atoms with E-state index in [1.165, 1.54) is 18.2 Å². The fourth-order valence-corrected chi connectivity index (χ4v) is 2.60. The van der Waals surface area contributed by atoms with E-state index in [-0.39, 0.29) is 10.9 Å². The molecule has 0 bridgehead atoms. The summed E-state index contributed by atoms with van der Waals surface area (Å²) in [5.74, 6) is 0.0453.